The number of ether oxygens (including phenoxy) is 1. The third kappa shape index (κ3) is 5.93. The average Bonchev–Trinajstić information content (AvgIpc) is 2.59. The molecule has 1 heterocycles. The fraction of sp³-hybridized carbons (Fsp3) is 0.579. The third-order valence-corrected chi connectivity index (χ3v) is 5.53. The zero-order valence-corrected chi connectivity index (χ0v) is 17.6. The Balaban J connectivity index is 1.99. The number of anilines is 1. The number of nitrogens with zero attached hydrogens (tertiary/aromatic N) is 1. The second kappa shape index (κ2) is 8.48. The van der Waals surface area contributed by atoms with Crippen molar-refractivity contribution in [1.82, 2.24) is 4.90 Å². The molecule has 1 aromatic rings. The van der Waals surface area contributed by atoms with Crippen LogP contribution >= 0.6 is 0 Å². The summed E-state index contributed by atoms with van der Waals surface area (Å²) in [5.41, 5.74) is 0.434. The quantitative estimate of drug-likeness (QED) is 0.789. The van der Waals surface area contributed by atoms with Gasteiger partial charge in [0.05, 0.1) is 4.90 Å². The summed E-state index contributed by atoms with van der Waals surface area (Å²) in [6.07, 6.45) is 1.17. The Morgan fingerprint density at radius 3 is 2.36 bits per heavy atom. The van der Waals surface area contributed by atoms with E-state index in [2.05, 4.69) is 5.32 Å². The number of hydrogen-bond donors (Lipinski definition) is 2. The van der Waals surface area contributed by atoms with Crippen molar-refractivity contribution in [2.75, 3.05) is 18.4 Å². The van der Waals surface area contributed by atoms with Gasteiger partial charge in [0, 0.05) is 24.7 Å². The van der Waals surface area contributed by atoms with Crippen LogP contribution in [0.4, 0.5) is 10.5 Å². The van der Waals surface area contributed by atoms with E-state index in [1.165, 1.54) is 6.07 Å². The Morgan fingerprint density at radius 1 is 1.25 bits per heavy atom. The highest BCUT2D eigenvalue weighted by Crippen LogP contribution is 2.24. The molecule has 0 unspecified atom stereocenters. The van der Waals surface area contributed by atoms with E-state index in [1.807, 2.05) is 27.7 Å². The number of benzene rings is 1. The number of amides is 2. The summed E-state index contributed by atoms with van der Waals surface area (Å²) in [5.74, 6) is -0.462. The van der Waals surface area contributed by atoms with Crippen molar-refractivity contribution in [3.8, 4) is 0 Å². The number of piperidine rings is 1. The normalized spacial score (nSPS) is 16.0. The van der Waals surface area contributed by atoms with E-state index < -0.39 is 15.6 Å². The summed E-state index contributed by atoms with van der Waals surface area (Å²) in [6, 6.07) is 4.71. The van der Waals surface area contributed by atoms with Crippen LogP contribution in [-0.4, -0.2) is 44.0 Å². The van der Waals surface area contributed by atoms with Crippen molar-refractivity contribution >= 4 is 27.7 Å². The lowest BCUT2D eigenvalue weighted by Gasteiger charge is -2.32. The molecule has 8 nitrogen and oxygen atoms in total. The maximum Gasteiger partial charge on any atom is 0.410 e. The van der Waals surface area contributed by atoms with Crippen LogP contribution in [0.25, 0.3) is 0 Å². The van der Waals surface area contributed by atoms with E-state index in [1.54, 1.807) is 17.0 Å². The van der Waals surface area contributed by atoms with Gasteiger partial charge in [-0.2, -0.15) is 0 Å². The van der Waals surface area contributed by atoms with Gasteiger partial charge in [0.15, 0.2) is 0 Å². The monoisotopic (exact) mass is 411 g/mol. The molecular formula is C19H29N3O5S. The Morgan fingerprint density at radius 2 is 1.86 bits per heavy atom. The second-order valence-electron chi connectivity index (χ2n) is 7.95. The molecule has 9 heteroatoms. The molecule has 0 aliphatic carbocycles. The number of nitrogens with one attached hydrogen (secondary N) is 1. The van der Waals surface area contributed by atoms with E-state index in [4.69, 9.17) is 9.88 Å². The van der Waals surface area contributed by atoms with Gasteiger partial charge in [-0.1, -0.05) is 13.0 Å². The predicted molar refractivity (Wildman–Crippen MR) is 106 cm³/mol. The summed E-state index contributed by atoms with van der Waals surface area (Å²) in [6.45, 7) is 8.13. The first-order chi connectivity index (χ1) is 12.9. The van der Waals surface area contributed by atoms with Gasteiger partial charge in [0.1, 0.15) is 5.60 Å². The maximum absolute atomic E-state index is 12.6. The van der Waals surface area contributed by atoms with Crippen LogP contribution in [-0.2, 0) is 26.0 Å². The molecule has 0 radical (unpaired) electrons. The topological polar surface area (TPSA) is 119 Å². The van der Waals surface area contributed by atoms with Crippen LogP contribution in [0.2, 0.25) is 0 Å². The lowest BCUT2D eigenvalue weighted by Crippen LogP contribution is -2.43. The van der Waals surface area contributed by atoms with Crippen LogP contribution in [0.15, 0.2) is 23.1 Å². The van der Waals surface area contributed by atoms with Gasteiger partial charge in [-0.05, 0) is 57.7 Å². The Hall–Kier alpha value is -2.13. The van der Waals surface area contributed by atoms with Gasteiger partial charge in [0.25, 0.3) is 0 Å². The second-order valence-corrected chi connectivity index (χ2v) is 9.48. The highest BCUT2D eigenvalue weighted by Gasteiger charge is 2.30. The van der Waals surface area contributed by atoms with Crippen molar-refractivity contribution < 1.29 is 22.7 Å². The van der Waals surface area contributed by atoms with Crippen molar-refractivity contribution in [1.29, 1.82) is 0 Å². The first kappa shape index (κ1) is 22.2. The minimum Gasteiger partial charge on any atom is -0.444 e. The van der Waals surface area contributed by atoms with E-state index in [9.17, 15) is 18.0 Å². The maximum atomic E-state index is 12.6. The number of hydrogen-bond acceptors (Lipinski definition) is 5. The standard InChI is InChI=1S/C19H29N3O5S/c1-5-13-6-7-15(12-16(13)28(20,25)26)21-17(23)14-8-10-22(11-9-14)18(24)27-19(2,3)4/h6-7,12,14H,5,8-11H2,1-4H3,(H,21,23)(H2,20,25,26). The number of primary sulfonamides is 1. The average molecular weight is 412 g/mol. The molecule has 0 atom stereocenters. The van der Waals surface area contributed by atoms with Crippen molar-refractivity contribution in [2.24, 2.45) is 11.1 Å². The number of sulfonamides is 1. The zero-order valence-electron chi connectivity index (χ0n) is 16.8. The number of rotatable bonds is 4. The fourth-order valence-electron chi connectivity index (χ4n) is 3.08. The molecule has 28 heavy (non-hydrogen) atoms. The van der Waals surface area contributed by atoms with Crippen molar-refractivity contribution in [3.63, 3.8) is 0 Å². The number of likely N-dealkylation sites (tertiary alicyclic amines) is 1. The molecule has 1 aliphatic rings. The molecule has 0 saturated carbocycles. The molecule has 0 spiro atoms. The van der Waals surface area contributed by atoms with E-state index in [0.717, 1.165) is 0 Å². The summed E-state index contributed by atoms with van der Waals surface area (Å²) in [5, 5.41) is 8.04. The number of aryl methyl sites for hydroxylation is 1. The van der Waals surface area contributed by atoms with Crippen LogP contribution in [0.1, 0.15) is 46.1 Å². The highest BCUT2D eigenvalue weighted by atomic mass is 32.2. The van der Waals surface area contributed by atoms with Gasteiger partial charge in [-0.15, -0.1) is 0 Å². The minimum atomic E-state index is -3.87. The first-order valence-electron chi connectivity index (χ1n) is 9.35. The van der Waals surface area contributed by atoms with Gasteiger partial charge in [0.2, 0.25) is 15.9 Å². The molecule has 1 fully saturated rings. The summed E-state index contributed by atoms with van der Waals surface area (Å²) in [4.78, 5) is 26.3. The lowest BCUT2D eigenvalue weighted by atomic mass is 9.96. The molecule has 1 aliphatic heterocycles. The summed E-state index contributed by atoms with van der Waals surface area (Å²) < 4.78 is 28.9. The van der Waals surface area contributed by atoms with Gasteiger partial charge in [-0.25, -0.2) is 18.4 Å². The van der Waals surface area contributed by atoms with Crippen LogP contribution in [0, 0.1) is 5.92 Å². The fourth-order valence-corrected chi connectivity index (χ4v) is 3.95. The lowest BCUT2D eigenvalue weighted by molar-refractivity contribution is -0.121. The molecule has 2 rings (SSSR count). The third-order valence-electron chi connectivity index (χ3n) is 4.54. The minimum absolute atomic E-state index is 0.0209. The van der Waals surface area contributed by atoms with E-state index in [-0.39, 0.29) is 22.8 Å². The molecular weight excluding hydrogens is 382 g/mol. The van der Waals surface area contributed by atoms with E-state index >= 15 is 0 Å². The number of nitrogens with two attached hydrogens (primary N) is 1. The Bertz CT molecular complexity index is 838. The molecule has 1 saturated heterocycles. The van der Waals surface area contributed by atoms with Crippen LogP contribution < -0.4 is 10.5 Å². The number of carbonyl (C=O) groups is 2. The smallest absolute Gasteiger partial charge is 0.410 e. The summed E-state index contributed by atoms with van der Waals surface area (Å²) in [7, 11) is -3.87. The van der Waals surface area contributed by atoms with Crippen molar-refractivity contribution in [3.05, 3.63) is 23.8 Å². The highest BCUT2D eigenvalue weighted by molar-refractivity contribution is 7.89. The van der Waals surface area contributed by atoms with Gasteiger partial charge >= 0.3 is 6.09 Å². The van der Waals surface area contributed by atoms with E-state index in [0.29, 0.717) is 43.6 Å². The molecule has 2 amide bonds. The molecule has 3 N–H and O–H groups in total. The summed E-state index contributed by atoms with van der Waals surface area (Å²) >= 11 is 0. The van der Waals surface area contributed by atoms with Crippen molar-refractivity contribution in [2.45, 2.75) is 57.5 Å². The molecule has 1 aromatic carbocycles. The number of carbonyl (C=O) groups excluding carboxylic acids is 2. The largest absolute Gasteiger partial charge is 0.444 e. The SMILES string of the molecule is CCc1ccc(NC(=O)C2CCN(C(=O)OC(C)(C)C)CC2)cc1S(N)(=O)=O. The van der Waals surface area contributed by atoms with Crippen LogP contribution in [0.5, 0.6) is 0 Å². The van der Waals surface area contributed by atoms with Gasteiger partial charge < -0.3 is 15.0 Å². The predicted octanol–water partition coefficient (Wildman–Crippen LogP) is 2.48. The zero-order chi connectivity index (χ0) is 21.1. The van der Waals surface area contributed by atoms with Gasteiger partial charge in [-0.3, -0.25) is 4.79 Å². The molecule has 156 valence electrons. The first-order valence-corrected chi connectivity index (χ1v) is 10.9. The molecule has 0 aromatic heterocycles. The molecule has 0 bridgehead atoms. The Kier molecular flexibility index (Phi) is 6.71. The Labute approximate surface area is 166 Å². The van der Waals surface area contributed by atoms with Crippen LogP contribution in [0.3, 0.4) is 0 Å².